The van der Waals surface area contributed by atoms with Gasteiger partial charge in [0.25, 0.3) is 0 Å². The molecule has 0 atom stereocenters. The van der Waals surface area contributed by atoms with E-state index in [9.17, 15) is 8.42 Å². The Kier molecular flexibility index (Phi) is 5.13. The molecule has 0 radical (unpaired) electrons. The first kappa shape index (κ1) is 14.8. The van der Waals surface area contributed by atoms with Crippen LogP contribution in [0.1, 0.15) is 17.7 Å². The Hall–Kier alpha value is 0.400. The van der Waals surface area contributed by atoms with Gasteiger partial charge in [0.2, 0.25) is 10.0 Å². The summed E-state index contributed by atoms with van der Waals surface area (Å²) in [4.78, 5) is 1.17. The van der Waals surface area contributed by atoms with Gasteiger partial charge in [0.1, 0.15) is 4.90 Å². The third-order valence-corrected chi connectivity index (χ3v) is 7.58. The van der Waals surface area contributed by atoms with Gasteiger partial charge in [0.05, 0.1) is 3.79 Å². The highest BCUT2D eigenvalue weighted by Crippen LogP contribution is 2.32. The smallest absolute Gasteiger partial charge is 0.242 e. The summed E-state index contributed by atoms with van der Waals surface area (Å²) >= 11 is 6.54. The van der Waals surface area contributed by atoms with Crippen molar-refractivity contribution in [3.63, 3.8) is 0 Å². The quantitative estimate of drug-likeness (QED) is 0.851. The zero-order valence-electron chi connectivity index (χ0n) is 9.69. The van der Waals surface area contributed by atoms with Crippen LogP contribution in [0.2, 0.25) is 0 Å². The first-order valence-electron chi connectivity index (χ1n) is 5.61. The summed E-state index contributed by atoms with van der Waals surface area (Å²) < 4.78 is 27.9. The van der Waals surface area contributed by atoms with E-state index in [-0.39, 0.29) is 6.04 Å². The summed E-state index contributed by atoms with van der Waals surface area (Å²) in [6.45, 7) is 0.360. The van der Waals surface area contributed by atoms with E-state index in [0.29, 0.717) is 15.2 Å². The number of rotatable bonds is 4. The number of thioether (sulfide) groups is 1. The van der Waals surface area contributed by atoms with Crippen molar-refractivity contribution >= 4 is 49.1 Å². The number of hydrogen-bond donors (Lipinski definition) is 2. The molecule has 102 valence electrons. The number of nitrogens with one attached hydrogen (secondary N) is 1. The maximum absolute atomic E-state index is 12.3. The standard InChI is InChI=1S/C10H15BrN2O2S3/c11-10-9(5-8(6-12)17-10)18(14,15)13-7-1-3-16-4-2-7/h5,7,13H,1-4,6,12H2. The second kappa shape index (κ2) is 6.23. The number of nitrogens with two attached hydrogens (primary N) is 1. The van der Waals surface area contributed by atoms with Gasteiger partial charge in [-0.1, -0.05) is 0 Å². The van der Waals surface area contributed by atoms with Crippen LogP contribution >= 0.6 is 39.0 Å². The highest BCUT2D eigenvalue weighted by atomic mass is 79.9. The fraction of sp³-hybridized carbons (Fsp3) is 0.600. The van der Waals surface area contributed by atoms with Crippen molar-refractivity contribution in [1.82, 2.24) is 4.72 Å². The SMILES string of the molecule is NCc1cc(S(=O)(=O)NC2CCSCC2)c(Br)s1. The molecule has 2 heterocycles. The van der Waals surface area contributed by atoms with Crippen LogP contribution in [-0.4, -0.2) is 26.0 Å². The lowest BCUT2D eigenvalue weighted by Crippen LogP contribution is -2.37. The lowest BCUT2D eigenvalue weighted by molar-refractivity contribution is 0.529. The van der Waals surface area contributed by atoms with Crippen molar-refractivity contribution in [1.29, 1.82) is 0 Å². The molecule has 1 saturated heterocycles. The normalized spacial score (nSPS) is 18.1. The van der Waals surface area contributed by atoms with Crippen LogP contribution in [-0.2, 0) is 16.6 Å². The Morgan fingerprint density at radius 1 is 1.44 bits per heavy atom. The van der Waals surface area contributed by atoms with Crippen LogP contribution < -0.4 is 10.5 Å². The molecule has 2 rings (SSSR count). The molecule has 0 aromatic carbocycles. The summed E-state index contributed by atoms with van der Waals surface area (Å²) in [5.74, 6) is 2.04. The average Bonchev–Trinajstić information content (AvgIpc) is 2.72. The molecular formula is C10H15BrN2O2S3. The predicted molar refractivity (Wildman–Crippen MR) is 80.6 cm³/mol. The van der Waals surface area contributed by atoms with E-state index in [1.807, 2.05) is 11.8 Å². The Morgan fingerprint density at radius 2 is 2.11 bits per heavy atom. The zero-order chi connectivity index (χ0) is 13.2. The summed E-state index contributed by atoms with van der Waals surface area (Å²) in [5, 5.41) is 0. The van der Waals surface area contributed by atoms with E-state index < -0.39 is 10.0 Å². The Balaban J connectivity index is 2.16. The first-order chi connectivity index (χ1) is 8.53. The van der Waals surface area contributed by atoms with Crippen LogP contribution in [0, 0.1) is 0 Å². The number of hydrogen-bond acceptors (Lipinski definition) is 5. The molecule has 4 nitrogen and oxygen atoms in total. The molecule has 0 aliphatic carbocycles. The highest BCUT2D eigenvalue weighted by molar-refractivity contribution is 9.11. The van der Waals surface area contributed by atoms with Gasteiger partial charge in [-0.3, -0.25) is 0 Å². The third-order valence-electron chi connectivity index (χ3n) is 2.74. The van der Waals surface area contributed by atoms with E-state index in [0.717, 1.165) is 29.2 Å². The molecule has 8 heteroatoms. The summed E-state index contributed by atoms with van der Waals surface area (Å²) in [6.07, 6.45) is 1.80. The maximum Gasteiger partial charge on any atom is 0.242 e. The zero-order valence-corrected chi connectivity index (χ0v) is 13.7. The molecule has 0 bridgehead atoms. The monoisotopic (exact) mass is 370 g/mol. The molecule has 1 aliphatic heterocycles. The molecule has 0 saturated carbocycles. The lowest BCUT2D eigenvalue weighted by atomic mass is 10.2. The van der Waals surface area contributed by atoms with Gasteiger partial charge in [-0.2, -0.15) is 11.8 Å². The fourth-order valence-corrected chi connectivity index (χ4v) is 6.75. The largest absolute Gasteiger partial charge is 0.326 e. The van der Waals surface area contributed by atoms with Crippen molar-refractivity contribution < 1.29 is 8.42 Å². The Bertz CT molecular complexity index is 509. The number of halogens is 1. The molecule has 1 aromatic heterocycles. The van der Waals surface area contributed by atoms with Crippen molar-refractivity contribution in [2.75, 3.05) is 11.5 Å². The fourth-order valence-electron chi connectivity index (χ4n) is 1.78. The molecule has 18 heavy (non-hydrogen) atoms. The Morgan fingerprint density at radius 3 is 2.67 bits per heavy atom. The van der Waals surface area contributed by atoms with E-state index in [1.54, 1.807) is 6.07 Å². The molecule has 0 amide bonds. The minimum atomic E-state index is -3.43. The van der Waals surface area contributed by atoms with Crippen molar-refractivity contribution in [2.24, 2.45) is 5.73 Å². The number of thiophene rings is 1. The molecule has 1 aliphatic rings. The van der Waals surface area contributed by atoms with E-state index in [4.69, 9.17) is 5.73 Å². The van der Waals surface area contributed by atoms with Crippen molar-refractivity contribution in [2.45, 2.75) is 30.3 Å². The van der Waals surface area contributed by atoms with Gasteiger partial charge < -0.3 is 5.73 Å². The molecule has 0 unspecified atom stereocenters. The van der Waals surface area contributed by atoms with Gasteiger partial charge in [-0.15, -0.1) is 11.3 Å². The van der Waals surface area contributed by atoms with E-state index in [2.05, 4.69) is 20.7 Å². The second-order valence-corrected chi connectivity index (χ2v) is 9.42. The van der Waals surface area contributed by atoms with Gasteiger partial charge >= 0.3 is 0 Å². The van der Waals surface area contributed by atoms with Crippen LogP contribution in [0.5, 0.6) is 0 Å². The second-order valence-electron chi connectivity index (χ2n) is 4.06. The van der Waals surface area contributed by atoms with Gasteiger partial charge in [0, 0.05) is 17.5 Å². The summed E-state index contributed by atoms with van der Waals surface area (Å²) in [6, 6.07) is 1.71. The topological polar surface area (TPSA) is 72.2 Å². The molecule has 0 spiro atoms. The minimum absolute atomic E-state index is 0.0596. The number of sulfonamides is 1. The average molecular weight is 371 g/mol. The van der Waals surface area contributed by atoms with Gasteiger partial charge in [-0.05, 0) is 46.3 Å². The van der Waals surface area contributed by atoms with Crippen LogP contribution in [0.25, 0.3) is 0 Å². The van der Waals surface area contributed by atoms with E-state index >= 15 is 0 Å². The van der Waals surface area contributed by atoms with Crippen LogP contribution in [0.4, 0.5) is 0 Å². The minimum Gasteiger partial charge on any atom is -0.326 e. The highest BCUT2D eigenvalue weighted by Gasteiger charge is 2.25. The van der Waals surface area contributed by atoms with Gasteiger partial charge in [0.15, 0.2) is 0 Å². The van der Waals surface area contributed by atoms with Crippen molar-refractivity contribution in [3.05, 3.63) is 14.7 Å². The maximum atomic E-state index is 12.3. The first-order valence-corrected chi connectivity index (χ1v) is 9.86. The van der Waals surface area contributed by atoms with Crippen molar-refractivity contribution in [3.8, 4) is 0 Å². The predicted octanol–water partition coefficient (Wildman–Crippen LogP) is 2.14. The third kappa shape index (κ3) is 3.49. The Labute approximate surface area is 124 Å². The molecule has 1 fully saturated rings. The van der Waals surface area contributed by atoms with E-state index in [1.165, 1.54) is 11.3 Å². The van der Waals surface area contributed by atoms with Crippen LogP contribution in [0.3, 0.4) is 0 Å². The lowest BCUT2D eigenvalue weighted by Gasteiger charge is -2.22. The van der Waals surface area contributed by atoms with Gasteiger partial charge in [-0.25, -0.2) is 13.1 Å². The molecular weight excluding hydrogens is 356 g/mol. The summed E-state index contributed by atoms with van der Waals surface area (Å²) in [7, 11) is -3.43. The van der Waals surface area contributed by atoms with Crippen LogP contribution in [0.15, 0.2) is 14.7 Å². The summed E-state index contributed by atoms with van der Waals surface area (Å²) in [5.41, 5.74) is 5.53. The molecule has 3 N–H and O–H groups in total. The molecule has 1 aromatic rings.